The van der Waals surface area contributed by atoms with E-state index in [2.05, 4.69) is 10.6 Å². The quantitative estimate of drug-likeness (QED) is 0.557. The number of carbonyl (C=O) groups excluding carboxylic acids is 3. The number of rotatable bonds is 6. The lowest BCUT2D eigenvalue weighted by atomic mass is 10.2. The number of carbonyl (C=O) groups is 3. The molecule has 8 heteroatoms. The van der Waals surface area contributed by atoms with E-state index in [0.717, 1.165) is 6.08 Å². The van der Waals surface area contributed by atoms with Crippen molar-refractivity contribution in [1.29, 1.82) is 0 Å². The van der Waals surface area contributed by atoms with Crippen molar-refractivity contribution in [3.05, 3.63) is 64.1 Å². The predicted octanol–water partition coefficient (Wildman–Crippen LogP) is 4.15. The van der Waals surface area contributed by atoms with Gasteiger partial charge in [0, 0.05) is 40.0 Å². The Kier molecular flexibility index (Phi) is 7.40. The fourth-order valence-electron chi connectivity index (χ4n) is 2.08. The lowest BCUT2D eigenvalue weighted by molar-refractivity contribution is -0.142. The van der Waals surface area contributed by atoms with E-state index in [1.807, 2.05) is 0 Å². The summed E-state index contributed by atoms with van der Waals surface area (Å²) in [6, 6.07) is 11.5. The van der Waals surface area contributed by atoms with Crippen LogP contribution in [0.4, 0.5) is 11.4 Å². The van der Waals surface area contributed by atoms with Gasteiger partial charge in [0.1, 0.15) is 0 Å². The van der Waals surface area contributed by atoms with Gasteiger partial charge < -0.3 is 15.4 Å². The van der Waals surface area contributed by atoms with Crippen LogP contribution in [0.2, 0.25) is 10.0 Å². The molecule has 0 aliphatic heterocycles. The molecule has 2 amide bonds. The monoisotopic (exact) mass is 406 g/mol. The lowest BCUT2D eigenvalue weighted by Gasteiger charge is -2.08. The molecular weight excluding hydrogens is 391 g/mol. The molecule has 0 atom stereocenters. The van der Waals surface area contributed by atoms with Gasteiger partial charge in [-0.25, -0.2) is 4.79 Å². The van der Waals surface area contributed by atoms with Crippen molar-refractivity contribution >= 4 is 58.4 Å². The number of halogens is 2. The van der Waals surface area contributed by atoms with E-state index in [4.69, 9.17) is 27.9 Å². The fourth-order valence-corrected chi connectivity index (χ4v) is 2.60. The Balaban J connectivity index is 1.87. The van der Waals surface area contributed by atoms with Crippen LogP contribution in [0.15, 0.2) is 48.5 Å². The van der Waals surface area contributed by atoms with Gasteiger partial charge in [0.05, 0.1) is 0 Å². The van der Waals surface area contributed by atoms with E-state index < -0.39 is 18.5 Å². The molecule has 0 aliphatic carbocycles. The normalized spacial score (nSPS) is 10.5. The first-order valence-electron chi connectivity index (χ1n) is 7.81. The standard InChI is InChI=1S/C19H16Cl2N2O4/c1-12(24)22-13-4-2-5-14(10-13)23-18(25)11-27-19(26)9-8-15-16(20)6-3-7-17(15)21/h2-10H,11H2,1H3,(H,22,24)(H,23,25)/b9-8+. The van der Waals surface area contributed by atoms with Crippen molar-refractivity contribution < 1.29 is 19.1 Å². The minimum Gasteiger partial charge on any atom is -0.452 e. The second-order valence-electron chi connectivity index (χ2n) is 5.39. The molecule has 140 valence electrons. The molecule has 2 aromatic carbocycles. The molecular formula is C19H16Cl2N2O4. The number of anilines is 2. The third-order valence-electron chi connectivity index (χ3n) is 3.20. The summed E-state index contributed by atoms with van der Waals surface area (Å²) in [5.74, 6) is -1.46. The van der Waals surface area contributed by atoms with Crippen LogP contribution < -0.4 is 10.6 Å². The van der Waals surface area contributed by atoms with E-state index in [1.54, 1.807) is 42.5 Å². The summed E-state index contributed by atoms with van der Waals surface area (Å²) in [5, 5.41) is 5.96. The van der Waals surface area contributed by atoms with Gasteiger partial charge in [-0.15, -0.1) is 0 Å². The molecule has 0 heterocycles. The third kappa shape index (κ3) is 6.77. The smallest absolute Gasteiger partial charge is 0.331 e. The zero-order valence-electron chi connectivity index (χ0n) is 14.3. The Bertz CT molecular complexity index is 877. The minimum absolute atomic E-state index is 0.224. The highest BCUT2D eigenvalue weighted by molar-refractivity contribution is 6.37. The van der Waals surface area contributed by atoms with Crippen LogP contribution in [0.5, 0.6) is 0 Å². The van der Waals surface area contributed by atoms with Gasteiger partial charge in [0.15, 0.2) is 6.61 Å². The highest BCUT2D eigenvalue weighted by atomic mass is 35.5. The van der Waals surface area contributed by atoms with Gasteiger partial charge in [0.25, 0.3) is 5.91 Å². The van der Waals surface area contributed by atoms with Crippen LogP contribution in [-0.2, 0) is 19.1 Å². The molecule has 0 saturated heterocycles. The maximum atomic E-state index is 11.9. The Labute approximate surface area is 166 Å². The summed E-state index contributed by atoms with van der Waals surface area (Å²) < 4.78 is 4.88. The molecule has 0 spiro atoms. The first kappa shape index (κ1) is 20.5. The number of ether oxygens (including phenoxy) is 1. The number of nitrogens with one attached hydrogen (secondary N) is 2. The predicted molar refractivity (Wildman–Crippen MR) is 106 cm³/mol. The highest BCUT2D eigenvalue weighted by Crippen LogP contribution is 2.25. The minimum atomic E-state index is -0.715. The number of hydrogen-bond donors (Lipinski definition) is 2. The maximum absolute atomic E-state index is 11.9. The highest BCUT2D eigenvalue weighted by Gasteiger charge is 2.08. The topological polar surface area (TPSA) is 84.5 Å². The molecule has 0 saturated carbocycles. The van der Waals surface area contributed by atoms with Crippen LogP contribution in [0.3, 0.4) is 0 Å². The lowest BCUT2D eigenvalue weighted by Crippen LogP contribution is -2.20. The van der Waals surface area contributed by atoms with Gasteiger partial charge >= 0.3 is 5.97 Å². The summed E-state index contributed by atoms with van der Waals surface area (Å²) in [5.41, 5.74) is 1.48. The molecule has 0 bridgehead atoms. The summed E-state index contributed by atoms with van der Waals surface area (Å²) >= 11 is 12.0. The number of benzene rings is 2. The van der Waals surface area contributed by atoms with Gasteiger partial charge in [0.2, 0.25) is 5.91 Å². The first-order valence-corrected chi connectivity index (χ1v) is 8.57. The van der Waals surface area contributed by atoms with Crippen molar-refractivity contribution in [2.75, 3.05) is 17.2 Å². The largest absolute Gasteiger partial charge is 0.452 e. The number of amides is 2. The second kappa shape index (κ2) is 9.75. The van der Waals surface area contributed by atoms with E-state index >= 15 is 0 Å². The third-order valence-corrected chi connectivity index (χ3v) is 3.86. The molecule has 0 radical (unpaired) electrons. The Hall–Kier alpha value is -2.83. The number of esters is 1. The van der Waals surface area contributed by atoms with Crippen LogP contribution in [0.1, 0.15) is 12.5 Å². The number of hydrogen-bond acceptors (Lipinski definition) is 4. The van der Waals surface area contributed by atoms with Crippen molar-refractivity contribution in [1.82, 2.24) is 0 Å². The van der Waals surface area contributed by atoms with Crippen molar-refractivity contribution in [2.45, 2.75) is 6.92 Å². The SMILES string of the molecule is CC(=O)Nc1cccc(NC(=O)COC(=O)/C=C/c2c(Cl)cccc2Cl)c1. The molecule has 27 heavy (non-hydrogen) atoms. The Morgan fingerprint density at radius 1 is 1.00 bits per heavy atom. The molecule has 6 nitrogen and oxygen atoms in total. The van der Waals surface area contributed by atoms with E-state index in [1.165, 1.54) is 13.0 Å². The Morgan fingerprint density at radius 3 is 2.22 bits per heavy atom. The molecule has 2 aromatic rings. The molecule has 2 N–H and O–H groups in total. The Morgan fingerprint density at radius 2 is 1.59 bits per heavy atom. The van der Waals surface area contributed by atoms with E-state index in [0.29, 0.717) is 27.0 Å². The van der Waals surface area contributed by atoms with E-state index in [-0.39, 0.29) is 5.91 Å². The zero-order valence-corrected chi connectivity index (χ0v) is 15.8. The molecule has 0 unspecified atom stereocenters. The van der Waals surface area contributed by atoms with Gasteiger partial charge in [-0.05, 0) is 36.4 Å². The summed E-state index contributed by atoms with van der Waals surface area (Å²) in [4.78, 5) is 34.7. The average molecular weight is 407 g/mol. The van der Waals surface area contributed by atoms with Gasteiger partial charge in [-0.1, -0.05) is 35.3 Å². The second-order valence-corrected chi connectivity index (χ2v) is 6.20. The molecule has 0 fully saturated rings. The van der Waals surface area contributed by atoms with Gasteiger partial charge in [-0.2, -0.15) is 0 Å². The first-order chi connectivity index (χ1) is 12.8. The van der Waals surface area contributed by atoms with Crippen LogP contribution in [0.25, 0.3) is 6.08 Å². The van der Waals surface area contributed by atoms with E-state index in [9.17, 15) is 14.4 Å². The van der Waals surface area contributed by atoms with Gasteiger partial charge in [-0.3, -0.25) is 9.59 Å². The molecule has 0 aromatic heterocycles. The molecule has 0 aliphatic rings. The molecule has 2 rings (SSSR count). The van der Waals surface area contributed by atoms with Crippen molar-refractivity contribution in [3.63, 3.8) is 0 Å². The fraction of sp³-hybridized carbons (Fsp3) is 0.105. The summed E-state index contributed by atoms with van der Waals surface area (Å²) in [6.45, 7) is 0.915. The summed E-state index contributed by atoms with van der Waals surface area (Å²) in [7, 11) is 0. The summed E-state index contributed by atoms with van der Waals surface area (Å²) in [6.07, 6.45) is 2.56. The van der Waals surface area contributed by atoms with Crippen LogP contribution in [0, 0.1) is 0 Å². The maximum Gasteiger partial charge on any atom is 0.331 e. The zero-order chi connectivity index (χ0) is 19.8. The van der Waals surface area contributed by atoms with Crippen molar-refractivity contribution in [3.8, 4) is 0 Å². The average Bonchev–Trinajstić information content (AvgIpc) is 2.59. The van der Waals surface area contributed by atoms with Crippen molar-refractivity contribution in [2.24, 2.45) is 0 Å². The van der Waals surface area contributed by atoms with Crippen LogP contribution in [-0.4, -0.2) is 24.4 Å². The van der Waals surface area contributed by atoms with Crippen LogP contribution >= 0.6 is 23.2 Å².